The van der Waals surface area contributed by atoms with Gasteiger partial charge in [-0.2, -0.15) is 0 Å². The maximum atomic E-state index is 10.9. The van der Waals surface area contributed by atoms with E-state index in [4.69, 9.17) is 17.4 Å². The summed E-state index contributed by atoms with van der Waals surface area (Å²) in [6.45, 7) is 0.658. The summed E-state index contributed by atoms with van der Waals surface area (Å²) < 4.78 is 22.4. The summed E-state index contributed by atoms with van der Waals surface area (Å²) >= 11 is 5.81. The monoisotopic (exact) mass is 224 g/mol. The van der Waals surface area contributed by atoms with Gasteiger partial charge < -0.3 is 5.32 Å². The summed E-state index contributed by atoms with van der Waals surface area (Å²) in [6.07, 6.45) is 2.20. The van der Waals surface area contributed by atoms with E-state index >= 15 is 0 Å². The fraction of sp³-hybridized carbons (Fsp3) is 0.400. The number of hydrogen-bond donors (Lipinski definition) is 2. The zero-order valence-electron chi connectivity index (χ0n) is 6.11. The van der Waals surface area contributed by atoms with Crippen molar-refractivity contribution in [2.24, 2.45) is 5.14 Å². The molecule has 7 heteroatoms. The molecule has 0 bridgehead atoms. The fourth-order valence-electron chi connectivity index (χ4n) is 0.708. The minimum absolute atomic E-state index is 0.137. The van der Waals surface area contributed by atoms with Crippen LogP contribution in [0.15, 0.2) is 10.3 Å². The van der Waals surface area contributed by atoms with Crippen LogP contribution in [0, 0.1) is 0 Å². The molecule has 0 radical (unpaired) electrons. The molecular formula is C5H8N2O2S3. The van der Waals surface area contributed by atoms with Gasteiger partial charge in [-0.25, -0.2) is 13.6 Å². The van der Waals surface area contributed by atoms with Gasteiger partial charge in [-0.05, 0) is 18.2 Å². The molecule has 12 heavy (non-hydrogen) atoms. The maximum absolute atomic E-state index is 10.9. The molecule has 0 spiro atoms. The SMILES string of the molecule is NS(=O)(=O)C1=CCCNC(=S)S1. The third kappa shape index (κ3) is 2.74. The minimum atomic E-state index is -3.59. The van der Waals surface area contributed by atoms with Crippen molar-refractivity contribution in [3.63, 3.8) is 0 Å². The van der Waals surface area contributed by atoms with Crippen LogP contribution in [-0.2, 0) is 10.0 Å². The first kappa shape index (κ1) is 9.97. The van der Waals surface area contributed by atoms with Crippen molar-refractivity contribution in [2.45, 2.75) is 6.42 Å². The second-order valence-electron chi connectivity index (χ2n) is 2.17. The molecule has 4 nitrogen and oxygen atoms in total. The van der Waals surface area contributed by atoms with E-state index in [1.165, 1.54) is 0 Å². The number of thiocarbonyl (C=S) groups is 1. The van der Waals surface area contributed by atoms with Gasteiger partial charge in [-0.1, -0.05) is 18.3 Å². The molecule has 0 unspecified atom stereocenters. The van der Waals surface area contributed by atoms with Crippen LogP contribution < -0.4 is 10.5 Å². The van der Waals surface area contributed by atoms with Crippen molar-refractivity contribution in [3.05, 3.63) is 10.3 Å². The van der Waals surface area contributed by atoms with Crippen molar-refractivity contribution in [2.75, 3.05) is 6.54 Å². The van der Waals surface area contributed by atoms with Crippen molar-refractivity contribution in [3.8, 4) is 0 Å². The van der Waals surface area contributed by atoms with Gasteiger partial charge in [0.1, 0.15) is 8.56 Å². The first-order chi connectivity index (χ1) is 5.50. The molecule has 0 fully saturated rings. The van der Waals surface area contributed by atoms with Crippen molar-refractivity contribution >= 4 is 38.3 Å². The minimum Gasteiger partial charge on any atom is -0.370 e. The Bertz CT molecular complexity index is 320. The first-order valence-electron chi connectivity index (χ1n) is 3.19. The van der Waals surface area contributed by atoms with Crippen LogP contribution in [0.3, 0.4) is 0 Å². The van der Waals surface area contributed by atoms with E-state index in [1.807, 2.05) is 0 Å². The molecule has 1 aliphatic rings. The molecule has 3 N–H and O–H groups in total. The van der Waals surface area contributed by atoms with Crippen molar-refractivity contribution in [1.82, 2.24) is 5.32 Å². The van der Waals surface area contributed by atoms with Crippen LogP contribution in [0.25, 0.3) is 0 Å². The van der Waals surface area contributed by atoms with E-state index in [1.54, 1.807) is 6.08 Å². The van der Waals surface area contributed by atoms with E-state index in [0.717, 1.165) is 11.8 Å². The molecule has 0 amide bonds. The van der Waals surface area contributed by atoms with Gasteiger partial charge >= 0.3 is 0 Å². The van der Waals surface area contributed by atoms with Gasteiger partial charge in [0, 0.05) is 6.54 Å². The summed E-state index contributed by atoms with van der Waals surface area (Å²) in [5.41, 5.74) is 0. The summed E-state index contributed by atoms with van der Waals surface area (Å²) in [5.74, 6) is 0. The Balaban J connectivity index is 2.89. The number of hydrogen-bond acceptors (Lipinski definition) is 4. The Morgan fingerprint density at radius 2 is 2.33 bits per heavy atom. The van der Waals surface area contributed by atoms with Gasteiger partial charge in [-0.15, -0.1) is 0 Å². The number of primary sulfonamides is 1. The third-order valence-corrected chi connectivity index (χ3v) is 3.96. The number of nitrogens with two attached hydrogens (primary N) is 1. The molecule has 0 saturated carbocycles. The van der Waals surface area contributed by atoms with Crippen LogP contribution in [0.1, 0.15) is 6.42 Å². The van der Waals surface area contributed by atoms with Crippen LogP contribution in [0.5, 0.6) is 0 Å². The summed E-state index contributed by atoms with van der Waals surface area (Å²) in [4.78, 5) is 0. The van der Waals surface area contributed by atoms with Gasteiger partial charge in [-0.3, -0.25) is 0 Å². The Morgan fingerprint density at radius 1 is 1.67 bits per heavy atom. The number of nitrogens with one attached hydrogen (secondary N) is 1. The van der Waals surface area contributed by atoms with Crippen LogP contribution in [0.2, 0.25) is 0 Å². The quantitative estimate of drug-likeness (QED) is 0.619. The second kappa shape index (κ2) is 3.73. The highest BCUT2D eigenvalue weighted by atomic mass is 32.3. The van der Waals surface area contributed by atoms with Crippen molar-refractivity contribution in [1.29, 1.82) is 0 Å². The highest BCUT2D eigenvalue weighted by Gasteiger charge is 2.16. The van der Waals surface area contributed by atoms with Crippen LogP contribution in [0.4, 0.5) is 0 Å². The Kier molecular flexibility index (Phi) is 3.10. The molecule has 0 atom stereocenters. The molecule has 68 valence electrons. The topological polar surface area (TPSA) is 72.2 Å². The fourth-order valence-corrected chi connectivity index (χ4v) is 2.86. The van der Waals surface area contributed by atoms with Gasteiger partial charge in [0.2, 0.25) is 10.0 Å². The lowest BCUT2D eigenvalue weighted by molar-refractivity contribution is 0.605. The number of rotatable bonds is 1. The highest BCUT2D eigenvalue weighted by molar-refractivity contribution is 8.32. The number of thioether (sulfide) groups is 1. The lowest BCUT2D eigenvalue weighted by atomic mass is 10.4. The van der Waals surface area contributed by atoms with E-state index in [0.29, 0.717) is 17.3 Å². The lowest BCUT2D eigenvalue weighted by Gasteiger charge is -2.01. The van der Waals surface area contributed by atoms with Crippen LogP contribution in [-0.4, -0.2) is 19.3 Å². The highest BCUT2D eigenvalue weighted by Crippen LogP contribution is 2.22. The standard InChI is InChI=1S/C5H8N2O2S3/c6-12(8,9)4-2-1-3-7-5(10)11-4/h2H,1,3H2,(H,7,10)(H2,6,8,9). The molecule has 0 aromatic heterocycles. The second-order valence-corrected chi connectivity index (χ2v) is 5.68. The van der Waals surface area contributed by atoms with Crippen LogP contribution >= 0.6 is 24.0 Å². The number of sulfonamides is 1. The lowest BCUT2D eigenvalue weighted by Crippen LogP contribution is -2.18. The predicted molar refractivity (Wildman–Crippen MR) is 54.0 cm³/mol. The normalized spacial score (nSPS) is 19.4. The molecular weight excluding hydrogens is 216 g/mol. The molecule has 1 heterocycles. The first-order valence-corrected chi connectivity index (χ1v) is 5.96. The average molecular weight is 224 g/mol. The summed E-state index contributed by atoms with van der Waals surface area (Å²) in [5, 5.41) is 7.81. The van der Waals surface area contributed by atoms with E-state index in [9.17, 15) is 8.42 Å². The largest absolute Gasteiger partial charge is 0.370 e. The molecule has 0 aromatic carbocycles. The molecule has 0 aromatic rings. The molecule has 1 rings (SSSR count). The van der Waals surface area contributed by atoms with Gasteiger partial charge in [0.15, 0.2) is 0 Å². The molecule has 0 saturated heterocycles. The van der Waals surface area contributed by atoms with Crippen molar-refractivity contribution < 1.29 is 8.42 Å². The molecule has 1 aliphatic heterocycles. The van der Waals surface area contributed by atoms with E-state index in [-0.39, 0.29) is 4.24 Å². The Morgan fingerprint density at radius 3 is 2.92 bits per heavy atom. The smallest absolute Gasteiger partial charge is 0.244 e. The summed E-state index contributed by atoms with van der Waals surface area (Å²) in [6, 6.07) is 0. The summed E-state index contributed by atoms with van der Waals surface area (Å²) in [7, 11) is -3.59. The Labute approximate surface area is 80.6 Å². The van der Waals surface area contributed by atoms with E-state index < -0.39 is 10.0 Å². The van der Waals surface area contributed by atoms with E-state index in [2.05, 4.69) is 5.32 Å². The van der Waals surface area contributed by atoms with Gasteiger partial charge in [0.25, 0.3) is 0 Å². The Hall–Kier alpha value is -0.110. The zero-order chi connectivity index (χ0) is 9.19. The van der Waals surface area contributed by atoms with Gasteiger partial charge in [0.05, 0.1) is 0 Å². The predicted octanol–water partition coefficient (Wildman–Crippen LogP) is 0.128. The molecule has 0 aliphatic carbocycles. The zero-order valence-corrected chi connectivity index (χ0v) is 8.56. The third-order valence-electron chi connectivity index (χ3n) is 1.20. The average Bonchev–Trinajstić information content (AvgIpc) is 2.11. The maximum Gasteiger partial charge on any atom is 0.244 e.